The second-order valence-electron chi connectivity index (χ2n) is 4.66. The molecule has 2 heterocycles. The molecule has 6 nitrogen and oxygen atoms in total. The number of fused-ring (bicyclic) bond motifs is 1. The third-order valence-electron chi connectivity index (χ3n) is 3.20. The zero-order valence-corrected chi connectivity index (χ0v) is 12.0. The summed E-state index contributed by atoms with van der Waals surface area (Å²) in [5.41, 5.74) is 0.917. The standard InChI is InChI=1S/C14H19N3O3/c1-4-6-7-17-13-10(8-15-17)12(18)11(9(3)16-13)14(19)20-5-2/h8H,4-7H2,1-3H3,(H,16,18). The molecule has 0 saturated heterocycles. The lowest BCUT2D eigenvalue weighted by molar-refractivity contribution is 0.0523. The van der Waals surface area contributed by atoms with Crippen LogP contribution in [0.5, 0.6) is 0 Å². The number of pyridine rings is 1. The number of H-pyrrole nitrogens is 1. The first-order valence-electron chi connectivity index (χ1n) is 6.85. The van der Waals surface area contributed by atoms with Crippen LogP contribution in [0.2, 0.25) is 0 Å². The monoisotopic (exact) mass is 277 g/mol. The second-order valence-corrected chi connectivity index (χ2v) is 4.66. The Kier molecular flexibility index (Phi) is 4.22. The van der Waals surface area contributed by atoms with Crippen LogP contribution in [0.25, 0.3) is 11.0 Å². The number of carbonyl (C=O) groups excluding carboxylic acids is 1. The molecule has 20 heavy (non-hydrogen) atoms. The molecule has 0 atom stereocenters. The summed E-state index contributed by atoms with van der Waals surface area (Å²) >= 11 is 0. The number of unbranched alkanes of at least 4 members (excludes halogenated alkanes) is 1. The van der Waals surface area contributed by atoms with Crippen molar-refractivity contribution < 1.29 is 9.53 Å². The fourth-order valence-electron chi connectivity index (χ4n) is 2.15. The minimum absolute atomic E-state index is 0.0643. The third-order valence-corrected chi connectivity index (χ3v) is 3.20. The van der Waals surface area contributed by atoms with Crippen molar-refractivity contribution in [3.8, 4) is 0 Å². The van der Waals surface area contributed by atoms with E-state index in [1.807, 2.05) is 0 Å². The molecule has 0 fully saturated rings. The van der Waals surface area contributed by atoms with Gasteiger partial charge in [0.1, 0.15) is 11.2 Å². The van der Waals surface area contributed by atoms with Crippen molar-refractivity contribution in [2.24, 2.45) is 0 Å². The molecule has 0 aromatic carbocycles. The summed E-state index contributed by atoms with van der Waals surface area (Å²) in [5, 5.41) is 4.64. The number of ether oxygens (including phenoxy) is 1. The second kappa shape index (κ2) is 5.90. The molecule has 6 heteroatoms. The maximum atomic E-state index is 12.4. The quantitative estimate of drug-likeness (QED) is 0.848. The summed E-state index contributed by atoms with van der Waals surface area (Å²) in [5.74, 6) is -0.588. The first-order valence-corrected chi connectivity index (χ1v) is 6.85. The fraction of sp³-hybridized carbons (Fsp3) is 0.500. The lowest BCUT2D eigenvalue weighted by Gasteiger charge is -2.07. The number of hydrogen-bond acceptors (Lipinski definition) is 4. The largest absolute Gasteiger partial charge is 0.462 e. The van der Waals surface area contributed by atoms with Crippen molar-refractivity contribution in [2.45, 2.75) is 40.2 Å². The van der Waals surface area contributed by atoms with Crippen LogP contribution in [-0.2, 0) is 11.3 Å². The molecule has 2 aromatic rings. The van der Waals surface area contributed by atoms with Crippen molar-refractivity contribution in [3.05, 3.63) is 27.7 Å². The zero-order chi connectivity index (χ0) is 14.7. The van der Waals surface area contributed by atoms with Gasteiger partial charge in [0.15, 0.2) is 0 Å². The maximum Gasteiger partial charge on any atom is 0.343 e. The van der Waals surface area contributed by atoms with E-state index in [9.17, 15) is 9.59 Å². The molecule has 0 unspecified atom stereocenters. The predicted molar refractivity (Wildman–Crippen MR) is 76.0 cm³/mol. The number of esters is 1. The van der Waals surface area contributed by atoms with Crippen molar-refractivity contribution in [3.63, 3.8) is 0 Å². The summed E-state index contributed by atoms with van der Waals surface area (Å²) in [6, 6.07) is 0. The third kappa shape index (κ3) is 2.45. The van der Waals surface area contributed by atoms with E-state index in [1.165, 1.54) is 6.20 Å². The van der Waals surface area contributed by atoms with Crippen molar-refractivity contribution in [2.75, 3.05) is 6.61 Å². The summed E-state index contributed by atoms with van der Waals surface area (Å²) < 4.78 is 6.69. The van der Waals surface area contributed by atoms with Crippen LogP contribution in [0.3, 0.4) is 0 Å². The highest BCUT2D eigenvalue weighted by Gasteiger charge is 2.19. The van der Waals surface area contributed by atoms with E-state index < -0.39 is 5.97 Å². The van der Waals surface area contributed by atoms with Crippen LogP contribution >= 0.6 is 0 Å². The SMILES string of the molecule is CCCCn1ncc2c(=O)c(C(=O)OCC)c(C)[nH]c21. The smallest absolute Gasteiger partial charge is 0.343 e. The average molecular weight is 277 g/mol. The lowest BCUT2D eigenvalue weighted by atomic mass is 10.1. The van der Waals surface area contributed by atoms with Crippen molar-refractivity contribution in [1.82, 2.24) is 14.8 Å². The first kappa shape index (κ1) is 14.3. The first-order chi connectivity index (χ1) is 9.60. The highest BCUT2D eigenvalue weighted by atomic mass is 16.5. The van der Waals surface area contributed by atoms with Gasteiger partial charge in [0.05, 0.1) is 18.2 Å². The van der Waals surface area contributed by atoms with Gasteiger partial charge in [0, 0.05) is 12.2 Å². The van der Waals surface area contributed by atoms with Crippen LogP contribution < -0.4 is 5.43 Å². The van der Waals surface area contributed by atoms with Gasteiger partial charge >= 0.3 is 5.97 Å². The molecule has 0 saturated carbocycles. The predicted octanol–water partition coefficient (Wildman–Crippen LogP) is 2.01. The number of aromatic amines is 1. The molecule has 0 aliphatic rings. The van der Waals surface area contributed by atoms with Crippen LogP contribution in [0.4, 0.5) is 0 Å². The number of hydrogen-bond donors (Lipinski definition) is 1. The number of aromatic nitrogens is 3. The highest BCUT2D eigenvalue weighted by Crippen LogP contribution is 2.12. The van der Waals surface area contributed by atoms with Crippen molar-refractivity contribution in [1.29, 1.82) is 0 Å². The molecule has 0 spiro atoms. The molecule has 1 N–H and O–H groups in total. The molecular weight excluding hydrogens is 258 g/mol. The molecule has 0 aliphatic carbocycles. The van der Waals surface area contributed by atoms with Gasteiger partial charge in [0.25, 0.3) is 0 Å². The van der Waals surface area contributed by atoms with E-state index in [0.717, 1.165) is 19.4 Å². The van der Waals surface area contributed by atoms with Gasteiger partial charge in [-0.2, -0.15) is 5.10 Å². The zero-order valence-electron chi connectivity index (χ0n) is 12.0. The van der Waals surface area contributed by atoms with E-state index in [1.54, 1.807) is 18.5 Å². The summed E-state index contributed by atoms with van der Waals surface area (Å²) in [7, 11) is 0. The fourth-order valence-corrected chi connectivity index (χ4v) is 2.15. The molecule has 0 radical (unpaired) electrons. The van der Waals surface area contributed by atoms with Gasteiger partial charge in [-0.1, -0.05) is 13.3 Å². The minimum Gasteiger partial charge on any atom is -0.462 e. The van der Waals surface area contributed by atoms with E-state index in [0.29, 0.717) is 16.7 Å². The summed E-state index contributed by atoms with van der Waals surface area (Å²) in [6.07, 6.45) is 3.54. The molecular formula is C14H19N3O3. The Morgan fingerprint density at radius 1 is 1.45 bits per heavy atom. The van der Waals surface area contributed by atoms with Crippen LogP contribution in [0.1, 0.15) is 42.7 Å². The lowest BCUT2D eigenvalue weighted by Crippen LogP contribution is -2.20. The number of nitrogens with one attached hydrogen (secondary N) is 1. The number of aryl methyl sites for hydroxylation is 2. The average Bonchev–Trinajstić information content (AvgIpc) is 2.80. The number of carbonyl (C=O) groups is 1. The van der Waals surface area contributed by atoms with Gasteiger partial charge in [0.2, 0.25) is 5.43 Å². The Labute approximate surface area is 116 Å². The van der Waals surface area contributed by atoms with Gasteiger partial charge in [-0.3, -0.25) is 4.79 Å². The Hall–Kier alpha value is -2.11. The highest BCUT2D eigenvalue weighted by molar-refractivity contribution is 5.94. The Bertz CT molecular complexity index is 685. The van der Waals surface area contributed by atoms with Gasteiger partial charge in [-0.15, -0.1) is 0 Å². The minimum atomic E-state index is -0.588. The van der Waals surface area contributed by atoms with E-state index in [4.69, 9.17) is 4.74 Å². The van der Waals surface area contributed by atoms with E-state index >= 15 is 0 Å². The van der Waals surface area contributed by atoms with Gasteiger partial charge in [-0.25, -0.2) is 9.48 Å². The topological polar surface area (TPSA) is 77.0 Å². The van der Waals surface area contributed by atoms with Crippen LogP contribution in [0, 0.1) is 6.92 Å². The van der Waals surface area contributed by atoms with E-state index in [2.05, 4.69) is 17.0 Å². The van der Waals surface area contributed by atoms with E-state index in [-0.39, 0.29) is 17.6 Å². The molecule has 0 aliphatic heterocycles. The van der Waals surface area contributed by atoms with Crippen molar-refractivity contribution >= 4 is 17.0 Å². The molecule has 2 aromatic heterocycles. The number of rotatable bonds is 5. The van der Waals surface area contributed by atoms with Crippen LogP contribution in [-0.4, -0.2) is 27.3 Å². The van der Waals surface area contributed by atoms with Gasteiger partial charge < -0.3 is 9.72 Å². The Morgan fingerprint density at radius 3 is 2.85 bits per heavy atom. The summed E-state index contributed by atoms with van der Waals surface area (Å²) in [4.78, 5) is 27.3. The molecule has 2 rings (SSSR count). The Balaban J connectivity index is 2.55. The molecule has 0 amide bonds. The Morgan fingerprint density at radius 2 is 2.20 bits per heavy atom. The maximum absolute atomic E-state index is 12.4. The molecule has 0 bridgehead atoms. The van der Waals surface area contributed by atoms with Gasteiger partial charge in [-0.05, 0) is 20.3 Å². The number of nitrogens with zero attached hydrogens (tertiary/aromatic N) is 2. The van der Waals surface area contributed by atoms with Crippen LogP contribution in [0.15, 0.2) is 11.0 Å². The normalized spacial score (nSPS) is 10.9. The summed E-state index contributed by atoms with van der Waals surface area (Å²) in [6.45, 7) is 6.49. The molecule has 108 valence electrons.